The van der Waals surface area contributed by atoms with Crippen LogP contribution >= 0.6 is 0 Å². The van der Waals surface area contributed by atoms with Crippen molar-refractivity contribution in [3.63, 3.8) is 0 Å². The first kappa shape index (κ1) is 9.92. The predicted molar refractivity (Wildman–Crippen MR) is 42.6 cm³/mol. The molecule has 72 valence electrons. The molecule has 1 saturated heterocycles. The van der Waals surface area contributed by atoms with E-state index in [0.717, 1.165) is 0 Å². The van der Waals surface area contributed by atoms with Crippen LogP contribution in [0.15, 0.2) is 0 Å². The molecule has 0 amide bonds. The molecule has 0 radical (unpaired) electrons. The molecule has 4 heteroatoms. The minimum atomic E-state index is -0.839. The minimum absolute atomic E-state index is 0.301. The monoisotopic (exact) mass is 176 g/mol. The maximum Gasteiger partial charge on any atom is 0.157 e. The smallest absolute Gasteiger partial charge is 0.157 e. The van der Waals surface area contributed by atoms with Gasteiger partial charge in [0.25, 0.3) is 0 Å². The van der Waals surface area contributed by atoms with Crippen LogP contribution in [0.2, 0.25) is 0 Å². The molecule has 1 heterocycles. The third-order valence-electron chi connectivity index (χ3n) is 2.49. The van der Waals surface area contributed by atoms with E-state index < -0.39 is 24.1 Å². The maximum absolute atomic E-state index is 9.65. The summed E-state index contributed by atoms with van der Waals surface area (Å²) in [6.45, 7) is 3.48. The third kappa shape index (κ3) is 1.61. The summed E-state index contributed by atoms with van der Waals surface area (Å²) in [5.74, 6) is 0. The molecule has 0 aromatic rings. The van der Waals surface area contributed by atoms with Crippen LogP contribution in [0.1, 0.15) is 20.3 Å². The van der Waals surface area contributed by atoms with Gasteiger partial charge in [-0.2, -0.15) is 0 Å². The summed E-state index contributed by atoms with van der Waals surface area (Å²) in [4.78, 5) is 0. The zero-order chi connectivity index (χ0) is 9.35. The number of aliphatic hydroxyl groups excluding tert-OH is 2. The highest BCUT2D eigenvalue weighted by Gasteiger charge is 2.44. The summed E-state index contributed by atoms with van der Waals surface area (Å²) in [5.41, 5.74) is -0.697. The summed E-state index contributed by atoms with van der Waals surface area (Å²) >= 11 is 0. The van der Waals surface area contributed by atoms with Gasteiger partial charge in [0.05, 0.1) is 11.7 Å². The molecule has 0 saturated carbocycles. The normalized spacial score (nSPS) is 49.2. The maximum atomic E-state index is 9.65. The fraction of sp³-hybridized carbons (Fsp3) is 1.00. The van der Waals surface area contributed by atoms with Gasteiger partial charge in [0, 0.05) is 13.5 Å². The lowest BCUT2D eigenvalue weighted by Gasteiger charge is -2.42. The first-order valence-electron chi connectivity index (χ1n) is 4.06. The highest BCUT2D eigenvalue weighted by atomic mass is 16.6. The average Bonchev–Trinajstić information content (AvgIpc) is 2.00. The fourth-order valence-corrected chi connectivity index (χ4v) is 1.54. The van der Waals surface area contributed by atoms with E-state index in [1.165, 1.54) is 7.11 Å². The van der Waals surface area contributed by atoms with E-state index in [1.54, 1.807) is 13.8 Å². The molecule has 2 N–H and O–H groups in total. The van der Waals surface area contributed by atoms with Crippen LogP contribution in [0.5, 0.6) is 0 Å². The van der Waals surface area contributed by atoms with Crippen LogP contribution in [0.3, 0.4) is 0 Å². The lowest BCUT2D eigenvalue weighted by Crippen LogP contribution is -2.55. The summed E-state index contributed by atoms with van der Waals surface area (Å²) in [7, 11) is 1.52. The average molecular weight is 176 g/mol. The SMILES string of the molecule is COC1(C)C[C@H](O)OC(C)[C@@H]1O. The van der Waals surface area contributed by atoms with E-state index in [1.807, 2.05) is 0 Å². The van der Waals surface area contributed by atoms with Crippen molar-refractivity contribution in [2.75, 3.05) is 7.11 Å². The molecule has 1 aliphatic rings. The summed E-state index contributed by atoms with van der Waals surface area (Å²) in [6.07, 6.45) is -1.62. The standard InChI is InChI=1S/C8H16O4/c1-5-7(10)8(2,11-3)4-6(9)12-5/h5-7,9-10H,4H2,1-3H3/t5?,6-,7+,8?/m1/s1. The highest BCUT2D eigenvalue weighted by molar-refractivity contribution is 4.91. The van der Waals surface area contributed by atoms with Crippen molar-refractivity contribution in [3.8, 4) is 0 Å². The Kier molecular flexibility index (Phi) is 2.73. The highest BCUT2D eigenvalue weighted by Crippen LogP contribution is 2.30. The van der Waals surface area contributed by atoms with Crippen molar-refractivity contribution in [1.29, 1.82) is 0 Å². The second-order valence-electron chi connectivity index (χ2n) is 3.46. The second-order valence-corrected chi connectivity index (χ2v) is 3.46. The molecular weight excluding hydrogens is 160 g/mol. The molecule has 1 aliphatic heterocycles. The second kappa shape index (κ2) is 3.30. The lowest BCUT2D eigenvalue weighted by atomic mass is 9.89. The molecule has 0 spiro atoms. The molecule has 0 aliphatic carbocycles. The Balaban J connectivity index is 2.72. The molecule has 1 rings (SSSR count). The van der Waals surface area contributed by atoms with Gasteiger partial charge < -0.3 is 19.7 Å². The quantitative estimate of drug-likeness (QED) is 0.584. The Hall–Kier alpha value is -0.160. The van der Waals surface area contributed by atoms with E-state index in [0.29, 0.717) is 6.42 Å². The molecule has 12 heavy (non-hydrogen) atoms. The molecule has 4 atom stereocenters. The number of ether oxygens (including phenoxy) is 2. The number of rotatable bonds is 1. The van der Waals surface area contributed by atoms with Crippen LogP contribution in [0.25, 0.3) is 0 Å². The Bertz CT molecular complexity index is 161. The van der Waals surface area contributed by atoms with Gasteiger partial charge in [-0.05, 0) is 13.8 Å². The zero-order valence-electron chi connectivity index (χ0n) is 7.65. The first-order valence-corrected chi connectivity index (χ1v) is 4.06. The Labute approximate surface area is 72.1 Å². The van der Waals surface area contributed by atoms with E-state index in [-0.39, 0.29) is 0 Å². The molecule has 0 aromatic heterocycles. The van der Waals surface area contributed by atoms with Crippen molar-refractivity contribution >= 4 is 0 Å². The van der Waals surface area contributed by atoms with Crippen LogP contribution in [-0.4, -0.2) is 41.4 Å². The molecular formula is C8H16O4. The van der Waals surface area contributed by atoms with Gasteiger partial charge in [-0.1, -0.05) is 0 Å². The van der Waals surface area contributed by atoms with E-state index >= 15 is 0 Å². The van der Waals surface area contributed by atoms with E-state index in [9.17, 15) is 10.2 Å². The van der Waals surface area contributed by atoms with Crippen molar-refractivity contribution in [1.82, 2.24) is 0 Å². The van der Waals surface area contributed by atoms with Crippen molar-refractivity contribution in [2.24, 2.45) is 0 Å². The lowest BCUT2D eigenvalue weighted by molar-refractivity contribution is -0.263. The van der Waals surface area contributed by atoms with Crippen LogP contribution in [0, 0.1) is 0 Å². The first-order chi connectivity index (χ1) is 5.49. The molecule has 0 aromatic carbocycles. The van der Waals surface area contributed by atoms with E-state index in [4.69, 9.17) is 9.47 Å². The molecule has 2 unspecified atom stereocenters. The zero-order valence-corrected chi connectivity index (χ0v) is 7.65. The van der Waals surface area contributed by atoms with Gasteiger partial charge in [-0.25, -0.2) is 0 Å². The van der Waals surface area contributed by atoms with Gasteiger partial charge in [0.15, 0.2) is 6.29 Å². The fourth-order valence-electron chi connectivity index (χ4n) is 1.54. The minimum Gasteiger partial charge on any atom is -0.387 e. The van der Waals surface area contributed by atoms with Crippen molar-refractivity contribution < 1.29 is 19.7 Å². The van der Waals surface area contributed by atoms with Gasteiger partial charge in [0.1, 0.15) is 6.10 Å². The van der Waals surface area contributed by atoms with Crippen molar-refractivity contribution in [3.05, 3.63) is 0 Å². The molecule has 4 nitrogen and oxygen atoms in total. The van der Waals surface area contributed by atoms with Gasteiger partial charge >= 0.3 is 0 Å². The number of aliphatic hydroxyl groups is 2. The summed E-state index contributed by atoms with van der Waals surface area (Å²) in [6, 6.07) is 0. The Morgan fingerprint density at radius 1 is 1.50 bits per heavy atom. The van der Waals surface area contributed by atoms with Crippen LogP contribution in [0.4, 0.5) is 0 Å². The predicted octanol–water partition coefficient (Wildman–Crippen LogP) is -0.120. The summed E-state index contributed by atoms with van der Waals surface area (Å²) < 4.78 is 10.2. The Morgan fingerprint density at radius 3 is 2.58 bits per heavy atom. The third-order valence-corrected chi connectivity index (χ3v) is 2.49. The largest absolute Gasteiger partial charge is 0.387 e. The van der Waals surface area contributed by atoms with Gasteiger partial charge in [-0.3, -0.25) is 0 Å². The Morgan fingerprint density at radius 2 is 2.08 bits per heavy atom. The number of hydrogen-bond acceptors (Lipinski definition) is 4. The van der Waals surface area contributed by atoms with Gasteiger partial charge in [-0.15, -0.1) is 0 Å². The van der Waals surface area contributed by atoms with E-state index in [2.05, 4.69) is 0 Å². The summed E-state index contributed by atoms with van der Waals surface area (Å²) in [5, 5.41) is 18.9. The number of methoxy groups -OCH3 is 1. The molecule has 0 bridgehead atoms. The van der Waals surface area contributed by atoms with Crippen LogP contribution < -0.4 is 0 Å². The van der Waals surface area contributed by atoms with Crippen molar-refractivity contribution in [2.45, 2.75) is 44.4 Å². The van der Waals surface area contributed by atoms with Crippen LogP contribution in [-0.2, 0) is 9.47 Å². The number of hydrogen-bond donors (Lipinski definition) is 2. The topological polar surface area (TPSA) is 58.9 Å². The molecule has 1 fully saturated rings. The van der Waals surface area contributed by atoms with Gasteiger partial charge in [0.2, 0.25) is 0 Å².